The third-order valence-corrected chi connectivity index (χ3v) is 22.5. The molecule has 21 rings (SSSR count). The van der Waals surface area contributed by atoms with Crippen molar-refractivity contribution in [2.24, 2.45) is 9.98 Å². The van der Waals surface area contributed by atoms with Crippen LogP contribution in [0.4, 0.5) is 0 Å². The Balaban J connectivity index is 0.630. The van der Waals surface area contributed by atoms with E-state index in [9.17, 15) is 0 Å². The van der Waals surface area contributed by atoms with Gasteiger partial charge in [-0.25, -0.2) is 24.9 Å². The van der Waals surface area contributed by atoms with Crippen molar-refractivity contribution < 1.29 is 0 Å². The average Bonchev–Trinajstić information content (AvgIpc) is 1.65. The molecule has 0 amide bonds. The van der Waals surface area contributed by atoms with Crippen LogP contribution in [-0.4, -0.2) is 31.2 Å². The number of fused-ring (bicyclic) bond motifs is 11. The highest BCUT2D eigenvalue weighted by molar-refractivity contribution is 6.27. The van der Waals surface area contributed by atoms with Gasteiger partial charge in [-0.05, 0) is 157 Å². The Bertz CT molecular complexity index is 6890. The molecule has 19 aromatic rings. The van der Waals surface area contributed by atoms with Gasteiger partial charge >= 0.3 is 0 Å². The van der Waals surface area contributed by atoms with Gasteiger partial charge in [-0.2, -0.15) is 0 Å². The number of aromatic nitrogens is 4. The van der Waals surface area contributed by atoms with Gasteiger partial charge in [-0.15, -0.1) is 0 Å². The molecule has 17 aromatic carbocycles. The lowest BCUT2D eigenvalue weighted by atomic mass is 9.85. The van der Waals surface area contributed by atoms with Gasteiger partial charge < -0.3 is 9.88 Å². The second-order valence-corrected chi connectivity index (χ2v) is 28.9. The summed E-state index contributed by atoms with van der Waals surface area (Å²) in [7, 11) is 0. The Morgan fingerprint density at radius 2 is 0.739 bits per heavy atom. The predicted octanol–water partition coefficient (Wildman–Crippen LogP) is 26.2. The van der Waals surface area contributed by atoms with Gasteiger partial charge in [0.05, 0.1) is 6.04 Å². The normalized spacial score (nSPS) is 14.3. The van der Waals surface area contributed by atoms with Gasteiger partial charge in [-0.1, -0.05) is 364 Å². The summed E-state index contributed by atoms with van der Waals surface area (Å²) in [6, 6.07) is 134. The van der Waals surface area contributed by atoms with E-state index in [1.165, 1.54) is 109 Å². The smallest absolute Gasteiger partial charge is 0.164 e. The van der Waals surface area contributed by atoms with E-state index in [1.807, 2.05) is 60.7 Å². The molecule has 1 aliphatic heterocycles. The van der Waals surface area contributed by atoms with E-state index in [0.717, 1.165) is 79.0 Å². The maximum absolute atomic E-state index is 5.17. The third kappa shape index (κ3) is 11.7. The molecule has 2 unspecified atom stereocenters. The van der Waals surface area contributed by atoms with E-state index in [2.05, 4.69) is 337 Å². The number of hydrogen-bond donors (Lipinski definition) is 1. The number of rotatable bonds is 13. The molecule has 0 saturated carbocycles. The molecule has 2 atom stereocenters. The molecule has 3 heterocycles. The third-order valence-electron chi connectivity index (χ3n) is 22.5. The molecule has 1 aliphatic carbocycles. The quantitative estimate of drug-likeness (QED) is 0.117. The van der Waals surface area contributed by atoms with Crippen LogP contribution < -0.4 is 5.32 Å². The number of amidine groups is 2. The van der Waals surface area contributed by atoms with Crippen molar-refractivity contribution in [3.05, 3.63) is 411 Å². The van der Waals surface area contributed by atoms with Crippen LogP contribution in [0.15, 0.2) is 398 Å². The molecule has 0 radical (unpaired) electrons. The summed E-state index contributed by atoms with van der Waals surface area (Å²) in [6.45, 7) is 0. The topological polar surface area (TPSA) is 80.4 Å². The molecular weight excluding hydrogens is 1350 g/mol. The van der Waals surface area contributed by atoms with Crippen molar-refractivity contribution in [1.82, 2.24) is 24.8 Å². The highest BCUT2D eigenvalue weighted by Gasteiger charge is 2.25. The standard InChI is InChI=1S/C104H69N7/c1-5-23-72(24-6-1)99-105-100(73-25-7-2-8-26-73)108-103(107-99)76-48-42-68(43-49-76)83-59-54-67-22-13-14-31-82(67)97(83)70-44-40-66(41-45-70)78-55-60-88-89-61-56-79(65-94(89)86-33-16-15-32-85(86)93(88)64-78)81-36-21-37-92-87(81)63-62-84(69-52-57-80(58-53-69)111-95-38-19-17-34-90(95)91-35-18-20-39-96(91)111)98(92)71-46-50-77(51-47-71)104-109-101(74-27-9-3-10-28-74)106-102(110-104)75-29-11-4-12-30-75/h1-57,59-65,80,99H,58H2,(H,105,107,108). The zero-order valence-electron chi connectivity index (χ0n) is 60.5. The summed E-state index contributed by atoms with van der Waals surface area (Å²) in [5.74, 6) is 3.38. The number of para-hydroxylation sites is 2. The fourth-order valence-electron chi connectivity index (χ4n) is 17.1. The van der Waals surface area contributed by atoms with Gasteiger partial charge in [0, 0.05) is 49.6 Å². The predicted molar refractivity (Wildman–Crippen MR) is 463 cm³/mol. The highest BCUT2D eigenvalue weighted by Crippen LogP contribution is 2.47. The molecular formula is C104H69N7. The molecule has 1 N–H and O–H groups in total. The Morgan fingerprint density at radius 1 is 0.288 bits per heavy atom. The molecule has 2 aliphatic rings. The van der Waals surface area contributed by atoms with Crippen LogP contribution in [0.3, 0.4) is 0 Å². The maximum Gasteiger partial charge on any atom is 0.164 e. The highest BCUT2D eigenvalue weighted by atomic mass is 15.2. The van der Waals surface area contributed by atoms with Gasteiger partial charge in [0.25, 0.3) is 0 Å². The minimum absolute atomic E-state index is 0.147. The van der Waals surface area contributed by atoms with E-state index in [1.54, 1.807) is 0 Å². The lowest BCUT2D eigenvalue weighted by Gasteiger charge is -2.23. The average molecular weight is 1420 g/mol. The minimum atomic E-state index is -0.277. The lowest BCUT2D eigenvalue weighted by Crippen LogP contribution is -2.33. The molecule has 2 aromatic heterocycles. The maximum atomic E-state index is 5.17. The van der Waals surface area contributed by atoms with E-state index in [-0.39, 0.29) is 12.2 Å². The summed E-state index contributed by atoms with van der Waals surface area (Å²) in [5, 5.41) is 18.3. The van der Waals surface area contributed by atoms with Crippen molar-refractivity contribution in [2.45, 2.75) is 18.6 Å². The van der Waals surface area contributed by atoms with E-state index in [0.29, 0.717) is 23.3 Å². The van der Waals surface area contributed by atoms with Crippen molar-refractivity contribution >= 4 is 92.9 Å². The number of allylic oxidation sites excluding steroid dienone is 4. The number of benzene rings is 17. The van der Waals surface area contributed by atoms with Gasteiger partial charge in [0.1, 0.15) is 12.0 Å². The second-order valence-electron chi connectivity index (χ2n) is 28.9. The summed E-state index contributed by atoms with van der Waals surface area (Å²) in [6.07, 6.45) is 7.78. The number of aliphatic imine (C=N–C) groups is 2. The molecule has 0 spiro atoms. The zero-order valence-corrected chi connectivity index (χ0v) is 60.5. The molecule has 520 valence electrons. The Hall–Kier alpha value is -14.5. The van der Waals surface area contributed by atoms with Crippen LogP contribution in [0, 0.1) is 0 Å². The Kier molecular flexibility index (Phi) is 16.0. The second kappa shape index (κ2) is 27.4. The summed E-state index contributed by atoms with van der Waals surface area (Å²) >= 11 is 0. The SMILES string of the molecule is C1=CC(n2c3ccccc3c3ccccc32)CC=C1c1ccc2c(-c3ccc4c5ccc(-c6ccc(-c7c(-c8ccc(C9=NC(c%10ccccc%10)NC(c%10ccccc%10)=N9)cc8)ccc8ccccc78)cc6)cc5c5ccccc5c4c3)cccc2c1-c1ccc(-c2nc(-c3ccccc3)nc(-c3ccccc3)n2)cc1. The first-order valence-electron chi connectivity index (χ1n) is 38.1. The van der Waals surface area contributed by atoms with E-state index in [4.69, 9.17) is 24.9 Å². The monoisotopic (exact) mass is 1420 g/mol. The fraction of sp³-hybridized carbons (Fsp3) is 0.0288. The van der Waals surface area contributed by atoms with E-state index < -0.39 is 0 Å². The molecule has 0 bridgehead atoms. The molecule has 0 fully saturated rings. The molecule has 0 saturated heterocycles. The first kappa shape index (κ1) is 64.8. The summed E-state index contributed by atoms with van der Waals surface area (Å²) in [4.78, 5) is 25.6. The van der Waals surface area contributed by atoms with Crippen molar-refractivity contribution in [3.8, 4) is 89.8 Å². The van der Waals surface area contributed by atoms with Crippen molar-refractivity contribution in [2.75, 3.05) is 0 Å². The summed E-state index contributed by atoms with van der Waals surface area (Å²) in [5.41, 5.74) is 22.3. The largest absolute Gasteiger partial charge is 0.344 e. The zero-order chi connectivity index (χ0) is 73.3. The number of hydrogen-bond acceptors (Lipinski definition) is 6. The first-order valence-corrected chi connectivity index (χ1v) is 38.1. The minimum Gasteiger partial charge on any atom is -0.344 e. The first-order chi connectivity index (χ1) is 55.0. The van der Waals surface area contributed by atoms with Crippen molar-refractivity contribution in [1.29, 1.82) is 0 Å². The van der Waals surface area contributed by atoms with Crippen LogP contribution in [0.25, 0.3) is 171 Å². The van der Waals surface area contributed by atoms with Gasteiger partial charge in [0.2, 0.25) is 0 Å². The van der Waals surface area contributed by atoms with Crippen LogP contribution in [0.2, 0.25) is 0 Å². The summed E-state index contributed by atoms with van der Waals surface area (Å²) < 4.78 is 2.52. The number of nitrogens with one attached hydrogen (secondary N) is 1. The van der Waals surface area contributed by atoms with Crippen LogP contribution in [-0.2, 0) is 0 Å². The van der Waals surface area contributed by atoms with Crippen LogP contribution in [0.5, 0.6) is 0 Å². The van der Waals surface area contributed by atoms with Gasteiger partial charge in [0.15, 0.2) is 23.3 Å². The van der Waals surface area contributed by atoms with Gasteiger partial charge in [-0.3, -0.25) is 0 Å². The van der Waals surface area contributed by atoms with Crippen LogP contribution >= 0.6 is 0 Å². The number of nitrogens with zero attached hydrogens (tertiary/aromatic N) is 6. The van der Waals surface area contributed by atoms with E-state index >= 15 is 0 Å². The molecule has 7 nitrogen and oxygen atoms in total. The van der Waals surface area contributed by atoms with Crippen LogP contribution in [0.1, 0.15) is 40.9 Å². The Morgan fingerprint density at radius 3 is 1.35 bits per heavy atom. The Labute approximate surface area is 642 Å². The fourth-order valence-corrected chi connectivity index (χ4v) is 17.1. The molecule has 111 heavy (non-hydrogen) atoms. The lowest BCUT2D eigenvalue weighted by molar-refractivity contribution is 0.649. The molecule has 7 heteroatoms. The van der Waals surface area contributed by atoms with Crippen molar-refractivity contribution in [3.63, 3.8) is 0 Å².